The van der Waals surface area contributed by atoms with Crippen LogP contribution in [0.2, 0.25) is 0 Å². The summed E-state index contributed by atoms with van der Waals surface area (Å²) in [4.78, 5) is 5.07. The minimum Gasteiger partial charge on any atom is -0.383 e. The Morgan fingerprint density at radius 1 is 1.20 bits per heavy atom. The van der Waals surface area contributed by atoms with Crippen molar-refractivity contribution in [2.45, 2.75) is 0 Å². The van der Waals surface area contributed by atoms with E-state index in [2.05, 4.69) is 15.1 Å². The molecule has 2 aliphatic heterocycles. The summed E-state index contributed by atoms with van der Waals surface area (Å²) in [6.07, 6.45) is 0. The van der Waals surface area contributed by atoms with Crippen LogP contribution < -0.4 is 5.32 Å². The standard InChI is InChI=1S/C11H23N3O/c1-15-7-6-14-9-11(10-14)8-13-4-2-12-3-5-13/h11-12H,2-10H2,1H3. The summed E-state index contributed by atoms with van der Waals surface area (Å²) < 4.78 is 5.07. The highest BCUT2D eigenvalue weighted by Crippen LogP contribution is 2.16. The van der Waals surface area contributed by atoms with Crippen LogP contribution in [-0.2, 0) is 4.74 Å². The molecule has 0 saturated carbocycles. The van der Waals surface area contributed by atoms with Crippen LogP contribution in [0.3, 0.4) is 0 Å². The molecule has 1 N–H and O–H groups in total. The Morgan fingerprint density at radius 3 is 2.60 bits per heavy atom. The summed E-state index contributed by atoms with van der Waals surface area (Å²) in [5.41, 5.74) is 0. The molecule has 2 fully saturated rings. The largest absolute Gasteiger partial charge is 0.383 e. The van der Waals surface area contributed by atoms with Gasteiger partial charge in [-0.2, -0.15) is 0 Å². The molecule has 2 heterocycles. The average molecular weight is 213 g/mol. The second-order valence-corrected chi connectivity index (χ2v) is 4.67. The molecule has 88 valence electrons. The maximum absolute atomic E-state index is 5.07. The maximum Gasteiger partial charge on any atom is 0.0589 e. The van der Waals surface area contributed by atoms with Gasteiger partial charge in [0.2, 0.25) is 0 Å². The second kappa shape index (κ2) is 5.80. The van der Waals surface area contributed by atoms with Gasteiger partial charge in [-0.1, -0.05) is 0 Å². The van der Waals surface area contributed by atoms with Gasteiger partial charge in [0.05, 0.1) is 6.61 Å². The summed E-state index contributed by atoms with van der Waals surface area (Å²) in [7, 11) is 1.78. The van der Waals surface area contributed by atoms with Gasteiger partial charge in [0, 0.05) is 59.5 Å². The lowest BCUT2D eigenvalue weighted by Crippen LogP contribution is -2.54. The maximum atomic E-state index is 5.07. The minimum atomic E-state index is 0.875. The third-order valence-corrected chi connectivity index (χ3v) is 3.37. The van der Waals surface area contributed by atoms with Crippen molar-refractivity contribution in [1.82, 2.24) is 15.1 Å². The summed E-state index contributed by atoms with van der Waals surface area (Å²) in [6, 6.07) is 0. The van der Waals surface area contributed by atoms with Gasteiger partial charge < -0.3 is 19.9 Å². The zero-order valence-corrected chi connectivity index (χ0v) is 9.74. The zero-order valence-electron chi connectivity index (χ0n) is 9.74. The molecule has 2 saturated heterocycles. The molecular weight excluding hydrogens is 190 g/mol. The third-order valence-electron chi connectivity index (χ3n) is 3.37. The lowest BCUT2D eigenvalue weighted by atomic mass is 9.99. The molecule has 2 rings (SSSR count). The van der Waals surface area contributed by atoms with Gasteiger partial charge in [-0.15, -0.1) is 0 Å². The van der Waals surface area contributed by atoms with E-state index in [-0.39, 0.29) is 0 Å². The molecule has 0 aromatic rings. The van der Waals surface area contributed by atoms with Crippen molar-refractivity contribution in [3.05, 3.63) is 0 Å². The summed E-state index contributed by atoms with van der Waals surface area (Å²) in [5.74, 6) is 0.903. The second-order valence-electron chi connectivity index (χ2n) is 4.67. The Labute approximate surface area is 92.6 Å². The van der Waals surface area contributed by atoms with Gasteiger partial charge in [-0.3, -0.25) is 0 Å². The first-order chi connectivity index (χ1) is 7.38. The summed E-state index contributed by atoms with van der Waals surface area (Å²) >= 11 is 0. The number of likely N-dealkylation sites (tertiary alicyclic amines) is 1. The van der Waals surface area contributed by atoms with Crippen molar-refractivity contribution in [2.24, 2.45) is 5.92 Å². The van der Waals surface area contributed by atoms with Crippen LogP contribution in [0.4, 0.5) is 0 Å². The number of hydrogen-bond acceptors (Lipinski definition) is 4. The Hall–Kier alpha value is -0.160. The molecule has 0 aromatic carbocycles. The van der Waals surface area contributed by atoms with Gasteiger partial charge in [0.25, 0.3) is 0 Å². The van der Waals surface area contributed by atoms with Crippen LogP contribution in [-0.4, -0.2) is 75.9 Å². The lowest BCUT2D eigenvalue weighted by molar-refractivity contribution is 0.0415. The van der Waals surface area contributed by atoms with Gasteiger partial charge in [0.15, 0.2) is 0 Å². The summed E-state index contributed by atoms with van der Waals surface area (Å²) in [5, 5.41) is 3.39. The molecule has 0 aliphatic carbocycles. The fraction of sp³-hybridized carbons (Fsp3) is 1.00. The number of rotatable bonds is 5. The van der Waals surface area contributed by atoms with Crippen LogP contribution in [0, 0.1) is 5.92 Å². The number of nitrogens with zero attached hydrogens (tertiary/aromatic N) is 2. The Bertz CT molecular complexity index is 177. The molecule has 0 aromatic heterocycles. The molecule has 0 atom stereocenters. The quantitative estimate of drug-likeness (QED) is 0.664. The molecule has 0 bridgehead atoms. The average Bonchev–Trinajstić information content (AvgIpc) is 2.23. The zero-order chi connectivity index (χ0) is 10.5. The van der Waals surface area contributed by atoms with Gasteiger partial charge in [-0.25, -0.2) is 0 Å². The SMILES string of the molecule is COCCN1CC(CN2CCNCC2)C1. The van der Waals surface area contributed by atoms with E-state index in [1.54, 1.807) is 7.11 Å². The van der Waals surface area contributed by atoms with Gasteiger partial charge >= 0.3 is 0 Å². The molecule has 4 heteroatoms. The third kappa shape index (κ3) is 3.41. The van der Waals surface area contributed by atoms with Crippen LogP contribution >= 0.6 is 0 Å². The monoisotopic (exact) mass is 213 g/mol. The molecule has 0 unspecified atom stereocenters. The fourth-order valence-corrected chi connectivity index (χ4v) is 2.45. The van der Waals surface area contributed by atoms with E-state index >= 15 is 0 Å². The van der Waals surface area contributed by atoms with Crippen molar-refractivity contribution < 1.29 is 4.74 Å². The van der Waals surface area contributed by atoms with E-state index in [1.165, 1.54) is 45.8 Å². The Balaban J connectivity index is 1.54. The normalized spacial score (nSPS) is 25.4. The van der Waals surface area contributed by atoms with E-state index in [0.29, 0.717) is 0 Å². The van der Waals surface area contributed by atoms with Crippen molar-refractivity contribution in [2.75, 3.05) is 66.1 Å². The van der Waals surface area contributed by atoms with Crippen molar-refractivity contribution >= 4 is 0 Å². The molecule has 2 aliphatic rings. The Kier molecular flexibility index (Phi) is 4.38. The topological polar surface area (TPSA) is 27.7 Å². The van der Waals surface area contributed by atoms with Crippen LogP contribution in [0.1, 0.15) is 0 Å². The van der Waals surface area contributed by atoms with Crippen LogP contribution in [0.25, 0.3) is 0 Å². The first-order valence-corrected chi connectivity index (χ1v) is 6.03. The van der Waals surface area contributed by atoms with E-state index in [4.69, 9.17) is 4.74 Å². The van der Waals surface area contributed by atoms with E-state index in [9.17, 15) is 0 Å². The highest BCUT2D eigenvalue weighted by Gasteiger charge is 2.27. The van der Waals surface area contributed by atoms with Crippen LogP contribution in [0.15, 0.2) is 0 Å². The van der Waals surface area contributed by atoms with Gasteiger partial charge in [0.1, 0.15) is 0 Å². The van der Waals surface area contributed by atoms with E-state index < -0.39 is 0 Å². The number of piperazine rings is 1. The number of ether oxygens (including phenoxy) is 1. The van der Waals surface area contributed by atoms with Crippen molar-refractivity contribution in [3.8, 4) is 0 Å². The summed E-state index contributed by atoms with van der Waals surface area (Å²) in [6.45, 7) is 10.6. The smallest absolute Gasteiger partial charge is 0.0589 e. The predicted molar refractivity (Wildman–Crippen MR) is 61.1 cm³/mol. The van der Waals surface area contributed by atoms with Crippen molar-refractivity contribution in [1.29, 1.82) is 0 Å². The molecule has 4 nitrogen and oxygen atoms in total. The van der Waals surface area contributed by atoms with Gasteiger partial charge in [-0.05, 0) is 5.92 Å². The first kappa shape index (κ1) is 11.3. The highest BCUT2D eigenvalue weighted by atomic mass is 16.5. The first-order valence-electron chi connectivity index (χ1n) is 6.03. The van der Waals surface area contributed by atoms with E-state index in [0.717, 1.165) is 19.1 Å². The molecule has 0 radical (unpaired) electrons. The molecule has 0 spiro atoms. The van der Waals surface area contributed by atoms with Crippen molar-refractivity contribution in [3.63, 3.8) is 0 Å². The fourth-order valence-electron chi connectivity index (χ4n) is 2.45. The van der Waals surface area contributed by atoms with Crippen LogP contribution in [0.5, 0.6) is 0 Å². The van der Waals surface area contributed by atoms with E-state index in [1.807, 2.05) is 0 Å². The molecular formula is C11H23N3O. The molecule has 15 heavy (non-hydrogen) atoms. The lowest BCUT2D eigenvalue weighted by Gasteiger charge is -2.42. The number of nitrogens with one attached hydrogen (secondary N) is 1. The predicted octanol–water partition coefficient (Wildman–Crippen LogP) is -0.530. The highest BCUT2D eigenvalue weighted by molar-refractivity contribution is 4.83. The number of hydrogen-bond donors (Lipinski definition) is 1. The molecule has 0 amide bonds. The number of methoxy groups -OCH3 is 1. The minimum absolute atomic E-state index is 0.875. The Morgan fingerprint density at radius 2 is 1.93 bits per heavy atom.